The maximum Gasteiger partial charge on any atom is 0.234 e. The molecule has 6 nitrogen and oxygen atoms in total. The third-order valence-corrected chi connectivity index (χ3v) is 4.22. The minimum Gasteiger partial charge on any atom is -0.355 e. The minimum absolute atomic E-state index is 0.0239. The van der Waals surface area contributed by atoms with Crippen molar-refractivity contribution in [3.8, 4) is 12.1 Å². The highest BCUT2D eigenvalue weighted by atomic mass is 16.2. The maximum absolute atomic E-state index is 11.7. The molecule has 2 N–H and O–H groups in total. The zero-order chi connectivity index (χ0) is 16.0. The number of nitrogens with one attached hydrogen (secondary N) is 2. The molecule has 0 aromatic heterocycles. The Labute approximate surface area is 125 Å². The van der Waals surface area contributed by atoms with Crippen molar-refractivity contribution in [2.75, 3.05) is 6.54 Å². The van der Waals surface area contributed by atoms with Gasteiger partial charge in [0.15, 0.2) is 0 Å². The molecule has 1 saturated carbocycles. The van der Waals surface area contributed by atoms with Gasteiger partial charge in [0, 0.05) is 18.5 Å². The molecule has 0 unspecified atom stereocenters. The third kappa shape index (κ3) is 4.46. The zero-order valence-corrected chi connectivity index (χ0v) is 12.8. The Hall–Kier alpha value is -2.08. The van der Waals surface area contributed by atoms with E-state index in [4.69, 9.17) is 10.5 Å². The summed E-state index contributed by atoms with van der Waals surface area (Å²) >= 11 is 0. The van der Waals surface area contributed by atoms with Crippen molar-refractivity contribution in [1.29, 1.82) is 10.5 Å². The molecular formula is C15H22N4O2. The van der Waals surface area contributed by atoms with Crippen LogP contribution in [0.25, 0.3) is 0 Å². The molecule has 1 rings (SSSR count). The van der Waals surface area contributed by atoms with Gasteiger partial charge in [-0.25, -0.2) is 0 Å². The Bertz CT molecular complexity index is 487. The Kier molecular flexibility index (Phi) is 5.72. The molecule has 0 bridgehead atoms. The van der Waals surface area contributed by atoms with Crippen LogP contribution in [0.5, 0.6) is 0 Å². The zero-order valence-electron chi connectivity index (χ0n) is 12.8. The van der Waals surface area contributed by atoms with Gasteiger partial charge in [0.2, 0.25) is 11.8 Å². The van der Waals surface area contributed by atoms with Crippen LogP contribution in [-0.2, 0) is 9.59 Å². The number of nitriles is 2. The molecule has 0 aromatic carbocycles. The summed E-state index contributed by atoms with van der Waals surface area (Å²) in [6, 6.07) is 3.59. The first kappa shape index (κ1) is 17.0. The molecule has 0 aliphatic heterocycles. The lowest BCUT2D eigenvalue weighted by atomic mass is 9.80. The van der Waals surface area contributed by atoms with E-state index in [1.807, 2.05) is 12.1 Å². The predicted octanol–water partition coefficient (Wildman–Crippen LogP) is 1.10. The second-order valence-electron chi connectivity index (χ2n) is 6.34. The van der Waals surface area contributed by atoms with Crippen molar-refractivity contribution in [1.82, 2.24) is 10.6 Å². The van der Waals surface area contributed by atoms with Gasteiger partial charge in [-0.15, -0.1) is 0 Å². The number of hydrogen-bond acceptors (Lipinski definition) is 4. The van der Waals surface area contributed by atoms with Gasteiger partial charge in [0.05, 0.1) is 12.1 Å². The summed E-state index contributed by atoms with van der Waals surface area (Å²) in [7, 11) is 0. The van der Waals surface area contributed by atoms with E-state index in [2.05, 4.69) is 31.4 Å². The van der Waals surface area contributed by atoms with Crippen LogP contribution in [0, 0.1) is 39.9 Å². The number of rotatable bonds is 5. The highest BCUT2D eigenvalue weighted by Gasteiger charge is 2.46. The summed E-state index contributed by atoms with van der Waals surface area (Å²) in [4.78, 5) is 23.1. The molecule has 0 heterocycles. The van der Waals surface area contributed by atoms with Crippen molar-refractivity contribution >= 4 is 11.8 Å². The topological polar surface area (TPSA) is 106 Å². The smallest absolute Gasteiger partial charge is 0.234 e. The fourth-order valence-corrected chi connectivity index (χ4v) is 3.30. The molecular weight excluding hydrogens is 268 g/mol. The number of nitrogens with zero attached hydrogens (tertiary/aromatic N) is 2. The molecule has 1 aliphatic carbocycles. The maximum atomic E-state index is 11.7. The van der Waals surface area contributed by atoms with E-state index in [0.717, 1.165) is 6.42 Å². The molecule has 1 fully saturated rings. The van der Waals surface area contributed by atoms with Crippen molar-refractivity contribution < 1.29 is 9.59 Å². The molecule has 1 aliphatic rings. The van der Waals surface area contributed by atoms with Gasteiger partial charge in [-0.3, -0.25) is 9.59 Å². The lowest BCUT2D eigenvalue weighted by Crippen LogP contribution is -2.47. The van der Waals surface area contributed by atoms with E-state index < -0.39 is 0 Å². The molecule has 6 heteroatoms. The monoisotopic (exact) mass is 290 g/mol. The third-order valence-electron chi connectivity index (χ3n) is 4.22. The van der Waals surface area contributed by atoms with Gasteiger partial charge in [0.25, 0.3) is 0 Å². The van der Waals surface area contributed by atoms with Crippen molar-refractivity contribution in [3.05, 3.63) is 0 Å². The molecule has 0 aromatic rings. The van der Waals surface area contributed by atoms with Crippen LogP contribution in [0.3, 0.4) is 0 Å². The molecule has 3 atom stereocenters. The highest BCUT2D eigenvalue weighted by Crippen LogP contribution is 2.45. The molecule has 21 heavy (non-hydrogen) atoms. The molecule has 114 valence electrons. The lowest BCUT2D eigenvalue weighted by molar-refractivity contribution is -0.121. The van der Waals surface area contributed by atoms with E-state index in [0.29, 0.717) is 6.54 Å². The number of carbonyl (C=O) groups is 2. The number of amides is 2. The number of carbonyl (C=O) groups excluding carboxylic acids is 2. The quantitative estimate of drug-likeness (QED) is 0.790. The average Bonchev–Trinajstić information content (AvgIpc) is 2.57. The SMILES string of the molecule is C[C@@H]1CC(C)(C)[C@@H](CNC(=O)CC#N)[C@H]1NC(=O)CC#N. The highest BCUT2D eigenvalue weighted by molar-refractivity contribution is 5.79. The first-order valence-electron chi connectivity index (χ1n) is 7.11. The van der Waals surface area contributed by atoms with Crippen LogP contribution in [0.2, 0.25) is 0 Å². The Balaban J connectivity index is 2.74. The average molecular weight is 290 g/mol. The summed E-state index contributed by atoms with van der Waals surface area (Å²) in [5.74, 6) is -0.214. The fourth-order valence-electron chi connectivity index (χ4n) is 3.30. The summed E-state index contributed by atoms with van der Waals surface area (Å²) in [5, 5.41) is 22.8. The molecule has 0 spiro atoms. The van der Waals surface area contributed by atoms with Gasteiger partial charge in [0.1, 0.15) is 12.8 Å². The largest absolute Gasteiger partial charge is 0.355 e. The summed E-state index contributed by atoms with van der Waals surface area (Å²) < 4.78 is 0. The van der Waals surface area contributed by atoms with Gasteiger partial charge in [-0.2, -0.15) is 10.5 Å². The normalized spacial score (nSPS) is 26.4. The van der Waals surface area contributed by atoms with E-state index in [1.165, 1.54) is 0 Å². The van der Waals surface area contributed by atoms with Crippen molar-refractivity contribution in [3.63, 3.8) is 0 Å². The molecule has 0 saturated heterocycles. The molecule has 2 amide bonds. The Morgan fingerprint density at radius 3 is 2.33 bits per heavy atom. The lowest BCUT2D eigenvalue weighted by Gasteiger charge is -2.31. The first-order valence-corrected chi connectivity index (χ1v) is 7.11. The van der Waals surface area contributed by atoms with Gasteiger partial charge < -0.3 is 10.6 Å². The Morgan fingerprint density at radius 2 is 1.76 bits per heavy atom. The summed E-state index contributed by atoms with van der Waals surface area (Å²) in [6.07, 6.45) is 0.620. The van der Waals surface area contributed by atoms with E-state index in [-0.39, 0.29) is 47.9 Å². The van der Waals surface area contributed by atoms with Crippen molar-refractivity contribution in [2.45, 2.75) is 46.1 Å². The second-order valence-corrected chi connectivity index (χ2v) is 6.34. The fraction of sp³-hybridized carbons (Fsp3) is 0.733. The van der Waals surface area contributed by atoms with Crippen LogP contribution in [0.15, 0.2) is 0 Å². The van der Waals surface area contributed by atoms with E-state index in [9.17, 15) is 9.59 Å². The van der Waals surface area contributed by atoms with Crippen LogP contribution in [0.4, 0.5) is 0 Å². The molecule has 0 radical (unpaired) electrons. The van der Waals surface area contributed by atoms with Crippen molar-refractivity contribution in [2.24, 2.45) is 17.3 Å². The van der Waals surface area contributed by atoms with Crippen LogP contribution < -0.4 is 10.6 Å². The summed E-state index contributed by atoms with van der Waals surface area (Å²) in [5.41, 5.74) is -0.0239. The van der Waals surface area contributed by atoms with Crippen LogP contribution in [-0.4, -0.2) is 24.4 Å². The van der Waals surface area contributed by atoms with Crippen LogP contribution in [0.1, 0.15) is 40.0 Å². The standard InChI is InChI=1S/C15H22N4O2/c1-10-8-15(2,3)11(9-18-12(20)4-6-16)14(10)19-13(21)5-7-17/h10-11,14H,4-5,8-9H2,1-3H3,(H,18,20)(H,19,21)/t10-,11+,14+/m1/s1. The number of hydrogen-bond donors (Lipinski definition) is 2. The van der Waals surface area contributed by atoms with Gasteiger partial charge in [-0.1, -0.05) is 20.8 Å². The minimum atomic E-state index is -0.296. The predicted molar refractivity (Wildman–Crippen MR) is 76.5 cm³/mol. The van der Waals surface area contributed by atoms with Gasteiger partial charge in [-0.05, 0) is 17.8 Å². The van der Waals surface area contributed by atoms with E-state index in [1.54, 1.807) is 0 Å². The Morgan fingerprint density at radius 1 is 1.19 bits per heavy atom. The first-order chi connectivity index (χ1) is 9.81. The van der Waals surface area contributed by atoms with Gasteiger partial charge >= 0.3 is 0 Å². The summed E-state index contributed by atoms with van der Waals surface area (Å²) in [6.45, 7) is 6.72. The van der Waals surface area contributed by atoms with Crippen LogP contribution >= 0.6 is 0 Å². The van der Waals surface area contributed by atoms with E-state index >= 15 is 0 Å². The second kappa shape index (κ2) is 7.08.